The number of fused-ring (bicyclic) bond motifs is 1. The van der Waals surface area contributed by atoms with E-state index in [0.29, 0.717) is 0 Å². The first-order chi connectivity index (χ1) is 10.8. The molecule has 0 unspecified atom stereocenters. The van der Waals surface area contributed by atoms with Crippen LogP contribution in [0.4, 0.5) is 5.69 Å². The number of benzene rings is 3. The second-order valence-electron chi connectivity index (χ2n) is 4.86. The SMILES string of the molecule is C=Nc1ccccc1/C(=N\CCl)c1ccc2ccccc2c1. The molecule has 0 saturated carbocycles. The van der Waals surface area contributed by atoms with Crippen molar-refractivity contribution in [3.05, 3.63) is 77.9 Å². The highest BCUT2D eigenvalue weighted by Crippen LogP contribution is 2.24. The van der Waals surface area contributed by atoms with E-state index in [1.54, 1.807) is 0 Å². The molecule has 0 aliphatic heterocycles. The minimum absolute atomic E-state index is 0.202. The molecular weight excluding hydrogens is 292 g/mol. The molecule has 0 aliphatic rings. The fourth-order valence-electron chi connectivity index (χ4n) is 2.54. The third-order valence-corrected chi connectivity index (χ3v) is 3.69. The van der Waals surface area contributed by atoms with Crippen LogP contribution in [0.1, 0.15) is 11.1 Å². The Bertz CT molecular complexity index is 853. The Morgan fingerprint density at radius 1 is 0.909 bits per heavy atom. The number of para-hydroxylation sites is 1. The van der Waals surface area contributed by atoms with Crippen molar-refractivity contribution in [2.24, 2.45) is 9.98 Å². The van der Waals surface area contributed by atoms with E-state index in [1.165, 1.54) is 10.8 Å². The third kappa shape index (κ3) is 2.78. The summed E-state index contributed by atoms with van der Waals surface area (Å²) in [5.74, 6) is 0. The topological polar surface area (TPSA) is 24.7 Å². The predicted octanol–water partition coefficient (Wildman–Crippen LogP) is 5.21. The van der Waals surface area contributed by atoms with Crippen LogP contribution in [0.25, 0.3) is 10.8 Å². The van der Waals surface area contributed by atoms with Crippen molar-refractivity contribution in [3.8, 4) is 0 Å². The summed E-state index contributed by atoms with van der Waals surface area (Å²) < 4.78 is 0. The largest absolute Gasteiger partial charge is 0.268 e. The molecule has 0 aromatic heterocycles. The number of halogens is 1. The lowest BCUT2D eigenvalue weighted by atomic mass is 9.98. The molecule has 0 heterocycles. The van der Waals surface area contributed by atoms with Gasteiger partial charge in [-0.1, -0.05) is 54.6 Å². The van der Waals surface area contributed by atoms with Crippen LogP contribution < -0.4 is 0 Å². The molecule has 0 spiro atoms. The lowest BCUT2D eigenvalue weighted by molar-refractivity contribution is 1.34. The van der Waals surface area contributed by atoms with Gasteiger partial charge in [0, 0.05) is 11.1 Å². The fourth-order valence-corrected chi connectivity index (χ4v) is 2.66. The summed E-state index contributed by atoms with van der Waals surface area (Å²) >= 11 is 5.88. The van der Waals surface area contributed by atoms with E-state index in [1.807, 2.05) is 36.4 Å². The normalized spacial score (nSPS) is 11.6. The average molecular weight is 307 g/mol. The van der Waals surface area contributed by atoms with Gasteiger partial charge in [-0.15, -0.1) is 11.6 Å². The first kappa shape index (κ1) is 14.5. The van der Waals surface area contributed by atoms with Crippen LogP contribution in [-0.2, 0) is 0 Å². The maximum absolute atomic E-state index is 5.88. The van der Waals surface area contributed by atoms with E-state index >= 15 is 0 Å². The van der Waals surface area contributed by atoms with Crippen molar-refractivity contribution < 1.29 is 0 Å². The molecule has 3 aromatic carbocycles. The smallest absolute Gasteiger partial charge is 0.114 e. The van der Waals surface area contributed by atoms with Crippen LogP contribution in [0, 0.1) is 0 Å². The molecule has 0 fully saturated rings. The number of rotatable bonds is 4. The number of nitrogens with zero attached hydrogens (tertiary/aromatic N) is 2. The zero-order valence-corrected chi connectivity index (χ0v) is 12.8. The highest BCUT2D eigenvalue weighted by molar-refractivity contribution is 6.21. The molecule has 3 heteroatoms. The Balaban J connectivity index is 2.18. The summed E-state index contributed by atoms with van der Waals surface area (Å²) in [5.41, 5.74) is 3.60. The van der Waals surface area contributed by atoms with Gasteiger partial charge in [-0.25, -0.2) is 0 Å². The van der Waals surface area contributed by atoms with Crippen molar-refractivity contribution >= 4 is 40.5 Å². The molecule has 3 rings (SSSR count). The molecular formula is C19H15ClN2. The van der Waals surface area contributed by atoms with Gasteiger partial charge >= 0.3 is 0 Å². The summed E-state index contributed by atoms with van der Waals surface area (Å²) in [4.78, 5) is 8.56. The molecule has 0 aliphatic carbocycles. The second-order valence-corrected chi connectivity index (χ2v) is 5.10. The predicted molar refractivity (Wildman–Crippen MR) is 96.0 cm³/mol. The molecule has 0 saturated heterocycles. The van der Waals surface area contributed by atoms with E-state index < -0.39 is 0 Å². The molecule has 22 heavy (non-hydrogen) atoms. The fraction of sp³-hybridized carbons (Fsp3) is 0.0526. The minimum atomic E-state index is 0.202. The van der Waals surface area contributed by atoms with E-state index in [9.17, 15) is 0 Å². The van der Waals surface area contributed by atoms with Crippen LogP contribution in [0.3, 0.4) is 0 Å². The van der Waals surface area contributed by atoms with Crippen molar-refractivity contribution in [2.75, 3.05) is 6.00 Å². The Kier molecular flexibility index (Phi) is 4.31. The highest BCUT2D eigenvalue weighted by atomic mass is 35.5. The number of alkyl halides is 1. The maximum Gasteiger partial charge on any atom is 0.114 e. The van der Waals surface area contributed by atoms with Gasteiger partial charge < -0.3 is 0 Å². The zero-order chi connectivity index (χ0) is 15.4. The summed E-state index contributed by atoms with van der Waals surface area (Å²) in [6, 6.07) is 22.6. The quantitative estimate of drug-likeness (QED) is 0.359. The Morgan fingerprint density at radius 2 is 1.64 bits per heavy atom. The first-order valence-electron chi connectivity index (χ1n) is 6.99. The van der Waals surface area contributed by atoms with Gasteiger partial charge in [0.05, 0.1) is 11.4 Å². The molecule has 0 amide bonds. The van der Waals surface area contributed by atoms with Crippen LogP contribution in [-0.4, -0.2) is 18.4 Å². The van der Waals surface area contributed by atoms with Crippen LogP contribution in [0.5, 0.6) is 0 Å². The van der Waals surface area contributed by atoms with Gasteiger partial charge in [0.2, 0.25) is 0 Å². The standard InChI is InChI=1S/C19H15ClN2/c1-21-18-9-5-4-8-17(18)19(22-13-20)16-11-10-14-6-2-3-7-15(14)12-16/h2-12H,1,13H2/b22-19-. The second kappa shape index (κ2) is 6.54. The highest BCUT2D eigenvalue weighted by Gasteiger charge is 2.11. The minimum Gasteiger partial charge on any atom is -0.268 e. The summed E-state index contributed by atoms with van der Waals surface area (Å²) in [7, 11) is 0. The molecule has 0 radical (unpaired) electrons. The Morgan fingerprint density at radius 3 is 2.41 bits per heavy atom. The van der Waals surface area contributed by atoms with Crippen LogP contribution in [0.2, 0.25) is 0 Å². The van der Waals surface area contributed by atoms with Gasteiger partial charge in [-0.2, -0.15) is 0 Å². The van der Waals surface area contributed by atoms with Gasteiger partial charge in [0.15, 0.2) is 0 Å². The summed E-state index contributed by atoms with van der Waals surface area (Å²) in [6.45, 7) is 3.64. The monoisotopic (exact) mass is 306 g/mol. The van der Waals surface area contributed by atoms with Gasteiger partial charge in [-0.05, 0) is 29.6 Å². The average Bonchev–Trinajstić information content (AvgIpc) is 2.59. The van der Waals surface area contributed by atoms with E-state index in [4.69, 9.17) is 11.6 Å². The van der Waals surface area contributed by atoms with Crippen molar-refractivity contribution in [1.29, 1.82) is 0 Å². The van der Waals surface area contributed by atoms with E-state index in [-0.39, 0.29) is 6.00 Å². The lowest BCUT2D eigenvalue weighted by Gasteiger charge is -2.10. The summed E-state index contributed by atoms with van der Waals surface area (Å²) in [5, 5.41) is 2.37. The molecule has 0 bridgehead atoms. The van der Waals surface area contributed by atoms with Gasteiger partial charge in [0.25, 0.3) is 0 Å². The van der Waals surface area contributed by atoms with Gasteiger partial charge in [-0.3, -0.25) is 9.98 Å². The van der Waals surface area contributed by atoms with Crippen LogP contribution in [0.15, 0.2) is 76.7 Å². The van der Waals surface area contributed by atoms with Crippen molar-refractivity contribution in [1.82, 2.24) is 0 Å². The number of hydrogen-bond acceptors (Lipinski definition) is 2. The molecule has 108 valence electrons. The molecule has 0 N–H and O–H groups in total. The molecule has 3 aromatic rings. The Hall–Kier alpha value is -2.45. The molecule has 2 nitrogen and oxygen atoms in total. The number of aliphatic imine (C=N–C) groups is 2. The summed E-state index contributed by atoms with van der Waals surface area (Å²) in [6.07, 6.45) is 0. The lowest BCUT2D eigenvalue weighted by Crippen LogP contribution is -2.04. The third-order valence-electron chi connectivity index (χ3n) is 3.57. The molecule has 0 atom stereocenters. The van der Waals surface area contributed by atoms with Crippen molar-refractivity contribution in [2.45, 2.75) is 0 Å². The van der Waals surface area contributed by atoms with Gasteiger partial charge in [0.1, 0.15) is 6.00 Å². The van der Waals surface area contributed by atoms with Crippen molar-refractivity contribution in [3.63, 3.8) is 0 Å². The van der Waals surface area contributed by atoms with E-state index in [2.05, 4.69) is 47.0 Å². The zero-order valence-electron chi connectivity index (χ0n) is 12.0. The maximum atomic E-state index is 5.88. The first-order valence-corrected chi connectivity index (χ1v) is 7.52. The van der Waals surface area contributed by atoms with E-state index in [0.717, 1.165) is 22.5 Å². The van der Waals surface area contributed by atoms with Crippen LogP contribution >= 0.6 is 11.6 Å². The Labute approximate surface area is 134 Å². The number of hydrogen-bond donors (Lipinski definition) is 0.